The molecule has 2 aromatic rings. The van der Waals surface area contributed by atoms with Gasteiger partial charge in [0.2, 0.25) is 11.8 Å². The number of carbonyl (C=O) groups is 2. The van der Waals surface area contributed by atoms with E-state index < -0.39 is 16.4 Å². The normalized spacial score (nSPS) is 16.7. The van der Waals surface area contributed by atoms with E-state index >= 15 is 0 Å². The van der Waals surface area contributed by atoms with Gasteiger partial charge in [0.1, 0.15) is 6.04 Å². The van der Waals surface area contributed by atoms with Crippen molar-refractivity contribution in [3.8, 4) is 6.07 Å². The Labute approximate surface area is 218 Å². The van der Waals surface area contributed by atoms with Gasteiger partial charge >= 0.3 is 0 Å². The van der Waals surface area contributed by atoms with Crippen LogP contribution in [-0.4, -0.2) is 40.8 Å². The molecule has 0 saturated carbocycles. The number of nitro benzene ring substituents is 1. The van der Waals surface area contributed by atoms with E-state index in [0.717, 1.165) is 24.0 Å². The minimum Gasteiger partial charge on any atom is -0.354 e. The second-order valence-corrected chi connectivity index (χ2v) is 10.0. The quantitative estimate of drug-likeness (QED) is 0.250. The number of hydrogen-bond acceptors (Lipinski definition) is 5. The van der Waals surface area contributed by atoms with Crippen molar-refractivity contribution in [3.05, 3.63) is 75.8 Å². The number of hydrogen-bond donors (Lipinski definition) is 1. The van der Waals surface area contributed by atoms with Gasteiger partial charge < -0.3 is 10.2 Å². The Bertz CT molecular complexity index is 1110. The number of rotatable bonds is 12. The van der Waals surface area contributed by atoms with E-state index in [9.17, 15) is 25.0 Å². The fraction of sp³-hybridized carbons (Fsp3) is 0.483. The molecule has 0 aliphatic carbocycles. The van der Waals surface area contributed by atoms with E-state index in [-0.39, 0.29) is 23.4 Å². The highest BCUT2D eigenvalue weighted by molar-refractivity contribution is 5.88. The Balaban J connectivity index is 1.47. The van der Waals surface area contributed by atoms with Crippen molar-refractivity contribution < 1.29 is 14.5 Å². The van der Waals surface area contributed by atoms with E-state index in [1.54, 1.807) is 17.0 Å². The largest absolute Gasteiger partial charge is 0.354 e. The Morgan fingerprint density at radius 1 is 1.16 bits per heavy atom. The fourth-order valence-corrected chi connectivity index (χ4v) is 5.15. The monoisotopic (exact) mass is 504 g/mol. The Morgan fingerprint density at radius 3 is 2.49 bits per heavy atom. The minimum atomic E-state index is -0.579. The SMILES string of the molecule is CC(C)[C@@](C#N)(CCCCC(=O)N1CCC[C@@H]1C(=O)NCCc1ccc([N+](=O)[O-])cc1)c1ccccc1. The number of nitrogens with zero attached hydrogens (tertiary/aromatic N) is 3. The maximum atomic E-state index is 13.0. The molecule has 1 aliphatic rings. The van der Waals surface area contributed by atoms with Crippen molar-refractivity contribution in [3.63, 3.8) is 0 Å². The lowest BCUT2D eigenvalue weighted by Crippen LogP contribution is -2.46. The summed E-state index contributed by atoms with van der Waals surface area (Å²) in [5.74, 6) is -0.0201. The molecule has 2 atom stereocenters. The molecular weight excluding hydrogens is 468 g/mol. The molecule has 1 saturated heterocycles. The number of amides is 2. The zero-order valence-corrected chi connectivity index (χ0v) is 21.7. The first-order valence-corrected chi connectivity index (χ1v) is 13.1. The summed E-state index contributed by atoms with van der Waals surface area (Å²) in [4.78, 5) is 37.8. The Morgan fingerprint density at radius 2 is 1.86 bits per heavy atom. The van der Waals surface area contributed by atoms with Gasteiger partial charge in [-0.25, -0.2) is 0 Å². The number of carbonyl (C=O) groups excluding carboxylic acids is 2. The van der Waals surface area contributed by atoms with Crippen LogP contribution in [0.2, 0.25) is 0 Å². The van der Waals surface area contributed by atoms with Crippen molar-refractivity contribution in [2.75, 3.05) is 13.1 Å². The summed E-state index contributed by atoms with van der Waals surface area (Å²) in [5.41, 5.74) is 1.37. The lowest BCUT2D eigenvalue weighted by molar-refractivity contribution is -0.384. The lowest BCUT2D eigenvalue weighted by atomic mass is 9.69. The van der Waals surface area contributed by atoms with Crippen molar-refractivity contribution in [1.29, 1.82) is 5.26 Å². The first-order chi connectivity index (χ1) is 17.8. The smallest absolute Gasteiger partial charge is 0.269 e. The molecule has 196 valence electrons. The predicted octanol–water partition coefficient (Wildman–Crippen LogP) is 4.92. The molecule has 2 aromatic carbocycles. The molecule has 0 bridgehead atoms. The van der Waals surface area contributed by atoms with Crippen LogP contribution in [0, 0.1) is 27.4 Å². The van der Waals surface area contributed by atoms with Crippen molar-refractivity contribution in [2.24, 2.45) is 5.92 Å². The number of benzene rings is 2. The third kappa shape index (κ3) is 6.94. The van der Waals surface area contributed by atoms with Gasteiger partial charge in [-0.3, -0.25) is 19.7 Å². The first kappa shape index (κ1) is 27.9. The van der Waals surface area contributed by atoms with E-state index in [4.69, 9.17) is 0 Å². The number of nitro groups is 1. The molecule has 8 heteroatoms. The standard InChI is InChI=1S/C29H36N4O4/c1-22(2)29(21-30,24-9-4-3-5-10-24)18-7-6-12-27(34)32-20-8-11-26(32)28(35)31-19-17-23-13-15-25(16-14-23)33(36)37/h3-5,9-10,13-16,22,26H,6-8,11-12,17-20H2,1-2H3,(H,31,35)/t26-,29+/m1/s1. The molecule has 0 aromatic heterocycles. The van der Waals surface area contributed by atoms with Crippen molar-refractivity contribution >= 4 is 17.5 Å². The van der Waals surface area contributed by atoms with E-state index in [1.165, 1.54) is 12.1 Å². The van der Waals surface area contributed by atoms with Crippen LogP contribution in [0.1, 0.15) is 63.5 Å². The topological polar surface area (TPSA) is 116 Å². The number of nitrogens with one attached hydrogen (secondary N) is 1. The molecule has 0 spiro atoms. The molecule has 8 nitrogen and oxygen atoms in total. The van der Waals surface area contributed by atoms with Gasteiger partial charge in [0.05, 0.1) is 16.4 Å². The summed E-state index contributed by atoms with van der Waals surface area (Å²) in [6, 6.07) is 18.3. The molecule has 1 fully saturated rings. The summed E-state index contributed by atoms with van der Waals surface area (Å²) in [5, 5.41) is 23.8. The summed E-state index contributed by atoms with van der Waals surface area (Å²) < 4.78 is 0. The number of non-ortho nitro benzene ring substituents is 1. The second kappa shape index (κ2) is 13.0. The molecule has 1 heterocycles. The van der Waals surface area contributed by atoms with E-state index in [1.807, 2.05) is 30.3 Å². The maximum absolute atomic E-state index is 13.0. The zero-order chi connectivity index (χ0) is 26.8. The fourth-order valence-electron chi connectivity index (χ4n) is 5.15. The maximum Gasteiger partial charge on any atom is 0.269 e. The number of likely N-dealkylation sites (tertiary alicyclic amines) is 1. The molecule has 0 unspecified atom stereocenters. The average molecular weight is 505 g/mol. The van der Waals surface area contributed by atoms with Gasteiger partial charge in [0, 0.05) is 31.6 Å². The lowest BCUT2D eigenvalue weighted by Gasteiger charge is -2.31. The third-order valence-corrected chi connectivity index (χ3v) is 7.42. The Kier molecular flexibility index (Phi) is 9.78. The van der Waals surface area contributed by atoms with Crippen LogP contribution in [0.25, 0.3) is 0 Å². The first-order valence-electron chi connectivity index (χ1n) is 13.1. The molecule has 3 rings (SSSR count). The van der Waals surface area contributed by atoms with Crippen LogP contribution in [0.3, 0.4) is 0 Å². The highest BCUT2D eigenvalue weighted by Gasteiger charge is 2.36. The van der Waals surface area contributed by atoms with Gasteiger partial charge in [0.25, 0.3) is 5.69 Å². The number of unbranched alkanes of at least 4 members (excludes halogenated alkanes) is 1. The highest BCUT2D eigenvalue weighted by atomic mass is 16.6. The predicted molar refractivity (Wildman–Crippen MR) is 142 cm³/mol. The van der Waals surface area contributed by atoms with Crippen LogP contribution >= 0.6 is 0 Å². The summed E-state index contributed by atoms with van der Waals surface area (Å²) >= 11 is 0. The summed E-state index contributed by atoms with van der Waals surface area (Å²) in [7, 11) is 0. The molecule has 37 heavy (non-hydrogen) atoms. The van der Waals surface area contributed by atoms with E-state index in [0.29, 0.717) is 45.2 Å². The van der Waals surface area contributed by atoms with Crippen molar-refractivity contribution in [1.82, 2.24) is 10.2 Å². The summed E-state index contributed by atoms with van der Waals surface area (Å²) in [6.45, 7) is 5.12. The zero-order valence-electron chi connectivity index (χ0n) is 21.7. The average Bonchev–Trinajstić information content (AvgIpc) is 3.40. The molecular formula is C29H36N4O4. The summed E-state index contributed by atoms with van der Waals surface area (Å²) in [6.07, 6.45) is 4.48. The van der Waals surface area contributed by atoms with Gasteiger partial charge in [-0.05, 0) is 49.1 Å². The van der Waals surface area contributed by atoms with Crippen LogP contribution in [-0.2, 0) is 21.4 Å². The molecule has 0 radical (unpaired) electrons. The van der Waals surface area contributed by atoms with Gasteiger partial charge in [-0.15, -0.1) is 0 Å². The van der Waals surface area contributed by atoms with Gasteiger partial charge in [-0.1, -0.05) is 62.7 Å². The molecule has 1 N–H and O–H groups in total. The molecule has 2 amide bonds. The van der Waals surface area contributed by atoms with Gasteiger partial charge in [-0.2, -0.15) is 5.26 Å². The second-order valence-electron chi connectivity index (χ2n) is 10.0. The van der Waals surface area contributed by atoms with E-state index in [2.05, 4.69) is 25.2 Å². The van der Waals surface area contributed by atoms with Crippen LogP contribution in [0.4, 0.5) is 5.69 Å². The van der Waals surface area contributed by atoms with Crippen molar-refractivity contribution in [2.45, 2.75) is 70.3 Å². The molecule has 1 aliphatic heterocycles. The van der Waals surface area contributed by atoms with Gasteiger partial charge in [0.15, 0.2) is 0 Å². The number of nitriles is 1. The highest BCUT2D eigenvalue weighted by Crippen LogP contribution is 2.37. The third-order valence-electron chi connectivity index (χ3n) is 7.42. The van der Waals surface area contributed by atoms with Crippen LogP contribution in [0.15, 0.2) is 54.6 Å². The van der Waals surface area contributed by atoms with Crippen LogP contribution < -0.4 is 5.32 Å². The Hall–Kier alpha value is -3.73. The minimum absolute atomic E-state index is 0.0140. The van der Waals surface area contributed by atoms with Crippen LogP contribution in [0.5, 0.6) is 0 Å².